The fourth-order valence-corrected chi connectivity index (χ4v) is 1.92. The van der Waals surface area contributed by atoms with Gasteiger partial charge in [-0.3, -0.25) is 4.79 Å². The van der Waals surface area contributed by atoms with Gasteiger partial charge in [0.15, 0.2) is 0 Å². The number of nitrogens with one attached hydrogen (secondary N) is 2. The van der Waals surface area contributed by atoms with E-state index in [-0.39, 0.29) is 16.9 Å². The van der Waals surface area contributed by atoms with Crippen molar-refractivity contribution in [3.8, 4) is 0 Å². The Morgan fingerprint density at radius 1 is 1.67 bits per heavy atom. The molecule has 2 rings (SSSR count). The van der Waals surface area contributed by atoms with Crippen molar-refractivity contribution >= 4 is 29.1 Å². The lowest BCUT2D eigenvalue weighted by Gasteiger charge is -2.12. The molecule has 0 saturated carbocycles. The summed E-state index contributed by atoms with van der Waals surface area (Å²) >= 11 is 4.89. The van der Waals surface area contributed by atoms with E-state index >= 15 is 0 Å². The minimum atomic E-state index is 0.0933. The fraction of sp³-hybridized carbons (Fsp3) is 0.455. The van der Waals surface area contributed by atoms with E-state index in [9.17, 15) is 4.79 Å². The maximum absolute atomic E-state index is 11.1. The van der Waals surface area contributed by atoms with Crippen molar-refractivity contribution in [1.82, 2.24) is 15.3 Å². The van der Waals surface area contributed by atoms with Crippen LogP contribution in [0.1, 0.15) is 24.2 Å². The van der Waals surface area contributed by atoms with Crippen LogP contribution in [0.5, 0.6) is 0 Å². The number of thiocarbonyl (C=S) groups is 1. The number of amides is 1. The Bertz CT molecular complexity index is 490. The van der Waals surface area contributed by atoms with E-state index in [1.165, 1.54) is 0 Å². The van der Waals surface area contributed by atoms with Crippen LogP contribution >= 0.6 is 12.2 Å². The smallest absolute Gasteiger partial charge is 0.223 e. The van der Waals surface area contributed by atoms with Crippen molar-refractivity contribution in [1.29, 1.82) is 0 Å². The first kappa shape index (κ1) is 12.7. The Balaban J connectivity index is 2.00. The minimum Gasteiger partial charge on any atom is -0.388 e. The molecule has 0 spiro atoms. The molecule has 6 nitrogen and oxygen atoms in total. The second-order valence-electron chi connectivity index (χ2n) is 4.27. The van der Waals surface area contributed by atoms with E-state index in [1.807, 2.05) is 6.92 Å². The average molecular weight is 265 g/mol. The fourth-order valence-electron chi connectivity index (χ4n) is 1.82. The highest BCUT2D eigenvalue weighted by Crippen LogP contribution is 2.09. The van der Waals surface area contributed by atoms with E-state index in [0.717, 1.165) is 12.1 Å². The molecule has 1 amide bonds. The quantitative estimate of drug-likeness (QED) is 0.669. The van der Waals surface area contributed by atoms with Crippen molar-refractivity contribution in [2.24, 2.45) is 5.73 Å². The van der Waals surface area contributed by atoms with E-state index in [1.54, 1.807) is 6.07 Å². The molecule has 0 aromatic carbocycles. The monoisotopic (exact) mass is 265 g/mol. The van der Waals surface area contributed by atoms with Gasteiger partial charge in [0.05, 0.1) is 0 Å². The minimum absolute atomic E-state index is 0.0933. The van der Waals surface area contributed by atoms with Gasteiger partial charge in [-0.2, -0.15) is 0 Å². The lowest BCUT2D eigenvalue weighted by atomic mass is 10.2. The molecule has 7 heteroatoms. The molecule has 1 fully saturated rings. The lowest BCUT2D eigenvalue weighted by molar-refractivity contribution is -0.119. The number of hydrogen-bond acceptors (Lipinski definition) is 5. The number of nitrogens with zero attached hydrogens (tertiary/aromatic N) is 2. The summed E-state index contributed by atoms with van der Waals surface area (Å²) in [4.78, 5) is 19.8. The SMILES string of the molecule is Cc1cc(C(N)=S)nc(NCC2CCC(=O)N2)n1. The van der Waals surface area contributed by atoms with E-state index in [0.29, 0.717) is 24.6 Å². The van der Waals surface area contributed by atoms with Crippen molar-refractivity contribution < 1.29 is 4.79 Å². The van der Waals surface area contributed by atoms with Crippen LogP contribution in [-0.2, 0) is 4.79 Å². The first-order valence-corrected chi connectivity index (χ1v) is 6.14. The van der Waals surface area contributed by atoms with Gasteiger partial charge in [0.1, 0.15) is 10.7 Å². The molecular formula is C11H15N5OS. The summed E-state index contributed by atoms with van der Waals surface area (Å²) in [6, 6.07) is 1.88. The van der Waals surface area contributed by atoms with Gasteiger partial charge in [-0.25, -0.2) is 9.97 Å². The molecule has 0 radical (unpaired) electrons. The highest BCUT2D eigenvalue weighted by atomic mass is 32.1. The summed E-state index contributed by atoms with van der Waals surface area (Å²) in [5, 5.41) is 5.96. The van der Waals surface area contributed by atoms with Crippen LogP contribution < -0.4 is 16.4 Å². The summed E-state index contributed by atoms with van der Waals surface area (Å²) in [6.07, 6.45) is 1.42. The second-order valence-corrected chi connectivity index (χ2v) is 4.71. The van der Waals surface area contributed by atoms with Crippen molar-refractivity contribution in [2.75, 3.05) is 11.9 Å². The number of rotatable bonds is 4. The van der Waals surface area contributed by atoms with Crippen LogP contribution in [0.3, 0.4) is 0 Å². The molecule has 4 N–H and O–H groups in total. The zero-order valence-electron chi connectivity index (χ0n) is 10.1. The first-order chi connectivity index (χ1) is 8.54. The number of nitrogens with two attached hydrogens (primary N) is 1. The molecule has 1 aliphatic rings. The molecule has 1 saturated heterocycles. The maximum Gasteiger partial charge on any atom is 0.223 e. The second kappa shape index (κ2) is 5.26. The molecule has 2 heterocycles. The maximum atomic E-state index is 11.1. The van der Waals surface area contributed by atoms with E-state index < -0.39 is 0 Å². The third-order valence-electron chi connectivity index (χ3n) is 2.70. The Morgan fingerprint density at radius 3 is 3.06 bits per heavy atom. The van der Waals surface area contributed by atoms with Crippen molar-refractivity contribution in [3.05, 3.63) is 17.5 Å². The van der Waals surface area contributed by atoms with Crippen LogP contribution in [0.2, 0.25) is 0 Å². The predicted octanol–water partition coefficient (Wildman–Crippen LogP) is 0.110. The van der Waals surface area contributed by atoms with Crippen LogP contribution in [0.4, 0.5) is 5.95 Å². The van der Waals surface area contributed by atoms with Gasteiger partial charge < -0.3 is 16.4 Å². The van der Waals surface area contributed by atoms with Crippen LogP contribution in [0, 0.1) is 6.92 Å². The number of carbonyl (C=O) groups excluding carboxylic acids is 1. The average Bonchev–Trinajstić information content (AvgIpc) is 2.72. The number of aryl methyl sites for hydroxylation is 1. The Hall–Kier alpha value is -1.76. The normalized spacial score (nSPS) is 18.5. The van der Waals surface area contributed by atoms with Gasteiger partial charge in [-0.15, -0.1) is 0 Å². The van der Waals surface area contributed by atoms with Crippen LogP contribution in [0.15, 0.2) is 6.07 Å². The highest BCUT2D eigenvalue weighted by Gasteiger charge is 2.20. The summed E-state index contributed by atoms with van der Waals surface area (Å²) in [6.45, 7) is 2.46. The zero-order chi connectivity index (χ0) is 13.1. The Morgan fingerprint density at radius 2 is 2.44 bits per heavy atom. The summed E-state index contributed by atoms with van der Waals surface area (Å²) in [5.41, 5.74) is 6.89. The van der Waals surface area contributed by atoms with Crippen LogP contribution in [-0.4, -0.2) is 33.5 Å². The van der Waals surface area contributed by atoms with Gasteiger partial charge in [0.2, 0.25) is 11.9 Å². The van der Waals surface area contributed by atoms with Crippen LogP contribution in [0.25, 0.3) is 0 Å². The third kappa shape index (κ3) is 3.13. The lowest BCUT2D eigenvalue weighted by Crippen LogP contribution is -2.32. The largest absolute Gasteiger partial charge is 0.388 e. The summed E-state index contributed by atoms with van der Waals surface area (Å²) in [5.74, 6) is 0.578. The van der Waals surface area contributed by atoms with Gasteiger partial charge in [0.25, 0.3) is 0 Å². The molecular weight excluding hydrogens is 250 g/mol. The highest BCUT2D eigenvalue weighted by molar-refractivity contribution is 7.80. The van der Waals surface area contributed by atoms with Gasteiger partial charge in [0, 0.05) is 24.7 Å². The predicted molar refractivity (Wildman–Crippen MR) is 72.3 cm³/mol. The molecule has 1 aromatic rings. The molecule has 1 aliphatic heterocycles. The molecule has 96 valence electrons. The molecule has 0 aliphatic carbocycles. The standard InChI is InChI=1S/C11H15N5OS/c1-6-4-8(10(12)18)16-11(14-6)13-5-7-2-3-9(17)15-7/h4,7H,2-3,5H2,1H3,(H2,12,18)(H,15,17)(H,13,14,16). The molecule has 1 aromatic heterocycles. The third-order valence-corrected chi connectivity index (χ3v) is 2.91. The molecule has 1 unspecified atom stereocenters. The summed E-state index contributed by atoms with van der Waals surface area (Å²) in [7, 11) is 0. The topological polar surface area (TPSA) is 92.9 Å². The van der Waals surface area contributed by atoms with Gasteiger partial charge in [-0.05, 0) is 19.4 Å². The zero-order valence-corrected chi connectivity index (χ0v) is 10.9. The Kier molecular flexibility index (Phi) is 3.71. The summed E-state index contributed by atoms with van der Waals surface area (Å²) < 4.78 is 0. The van der Waals surface area contributed by atoms with Crippen molar-refractivity contribution in [2.45, 2.75) is 25.8 Å². The number of hydrogen-bond donors (Lipinski definition) is 3. The molecule has 0 bridgehead atoms. The number of anilines is 1. The first-order valence-electron chi connectivity index (χ1n) is 5.73. The van der Waals surface area contributed by atoms with Crippen molar-refractivity contribution in [3.63, 3.8) is 0 Å². The van der Waals surface area contributed by atoms with Gasteiger partial charge in [-0.1, -0.05) is 12.2 Å². The van der Waals surface area contributed by atoms with E-state index in [2.05, 4.69) is 20.6 Å². The van der Waals surface area contributed by atoms with Gasteiger partial charge >= 0.3 is 0 Å². The number of carbonyl (C=O) groups is 1. The van der Waals surface area contributed by atoms with E-state index in [4.69, 9.17) is 18.0 Å². The number of aromatic nitrogens is 2. The molecule has 1 atom stereocenters. The Labute approximate surface area is 110 Å². The molecule has 18 heavy (non-hydrogen) atoms.